The normalized spacial score (nSPS) is 14.1. The van der Waals surface area contributed by atoms with Crippen molar-refractivity contribution in [3.05, 3.63) is 95.9 Å². The third kappa shape index (κ3) is 1.85. The van der Waals surface area contributed by atoms with Crippen LogP contribution in [0.4, 0.5) is 10.1 Å². The first kappa shape index (κ1) is 13.3. The lowest BCUT2D eigenvalue weighted by Gasteiger charge is -2.03. The Morgan fingerprint density at radius 2 is 1.58 bits per heavy atom. The van der Waals surface area contributed by atoms with Crippen molar-refractivity contribution < 1.29 is 4.39 Å². The molecular weight excluding hydrogens is 299 g/mol. The van der Waals surface area contributed by atoms with Crippen molar-refractivity contribution in [1.82, 2.24) is 4.57 Å². The van der Waals surface area contributed by atoms with Crippen molar-refractivity contribution in [1.29, 1.82) is 0 Å². The lowest BCUT2D eigenvalue weighted by molar-refractivity contribution is 0.629. The van der Waals surface area contributed by atoms with E-state index in [-0.39, 0.29) is 5.82 Å². The van der Waals surface area contributed by atoms with Crippen LogP contribution in [0.25, 0.3) is 16.6 Å². The molecule has 0 aliphatic carbocycles. The SMILES string of the molecule is Fc1ccc2cc3n(c2c1)-c1ccccc1C3=Nc1ccccc1. The number of fused-ring (bicyclic) bond motifs is 5. The number of nitrogens with zero attached hydrogens (tertiary/aromatic N) is 2. The highest BCUT2D eigenvalue weighted by atomic mass is 19.1. The van der Waals surface area contributed by atoms with Crippen LogP contribution in [0, 0.1) is 5.82 Å². The maximum absolute atomic E-state index is 13.8. The minimum absolute atomic E-state index is 0.227. The highest BCUT2D eigenvalue weighted by Gasteiger charge is 2.26. The molecule has 0 saturated carbocycles. The van der Waals surface area contributed by atoms with Crippen molar-refractivity contribution in [2.24, 2.45) is 4.99 Å². The number of aromatic nitrogens is 1. The first-order valence-electron chi connectivity index (χ1n) is 7.86. The zero-order chi connectivity index (χ0) is 16.1. The fourth-order valence-electron chi connectivity index (χ4n) is 3.36. The van der Waals surface area contributed by atoms with Crippen LogP contribution >= 0.6 is 0 Å². The Balaban J connectivity index is 1.85. The van der Waals surface area contributed by atoms with E-state index in [1.165, 1.54) is 6.07 Å². The highest BCUT2D eigenvalue weighted by molar-refractivity contribution is 6.20. The van der Waals surface area contributed by atoms with E-state index in [9.17, 15) is 4.39 Å². The van der Waals surface area contributed by atoms with E-state index in [0.717, 1.165) is 39.2 Å². The molecule has 3 heteroatoms. The van der Waals surface area contributed by atoms with E-state index in [4.69, 9.17) is 4.99 Å². The maximum Gasteiger partial charge on any atom is 0.125 e. The monoisotopic (exact) mass is 312 g/mol. The summed E-state index contributed by atoms with van der Waals surface area (Å²) in [5.74, 6) is -0.227. The molecule has 2 nitrogen and oxygen atoms in total. The van der Waals surface area contributed by atoms with E-state index in [2.05, 4.69) is 22.8 Å². The molecule has 0 amide bonds. The lowest BCUT2D eigenvalue weighted by atomic mass is 10.1. The predicted molar refractivity (Wildman–Crippen MR) is 95.0 cm³/mol. The van der Waals surface area contributed by atoms with Crippen LogP contribution in [0.1, 0.15) is 11.3 Å². The van der Waals surface area contributed by atoms with Crippen molar-refractivity contribution in [3.8, 4) is 5.69 Å². The summed E-state index contributed by atoms with van der Waals surface area (Å²) < 4.78 is 15.9. The fraction of sp³-hybridized carbons (Fsp3) is 0. The number of hydrogen-bond acceptors (Lipinski definition) is 1. The Morgan fingerprint density at radius 1 is 0.792 bits per heavy atom. The van der Waals surface area contributed by atoms with Gasteiger partial charge in [0.25, 0.3) is 0 Å². The molecule has 1 aliphatic rings. The first-order valence-corrected chi connectivity index (χ1v) is 7.86. The zero-order valence-corrected chi connectivity index (χ0v) is 12.8. The molecule has 24 heavy (non-hydrogen) atoms. The molecule has 0 bridgehead atoms. The average molecular weight is 312 g/mol. The molecular formula is C21H13FN2. The summed E-state index contributed by atoms with van der Waals surface area (Å²) >= 11 is 0. The second-order valence-electron chi connectivity index (χ2n) is 5.88. The number of halogens is 1. The quantitative estimate of drug-likeness (QED) is 0.402. The smallest absolute Gasteiger partial charge is 0.125 e. The molecule has 0 radical (unpaired) electrons. The molecule has 0 spiro atoms. The van der Waals surface area contributed by atoms with Crippen LogP contribution in [-0.4, -0.2) is 10.3 Å². The van der Waals surface area contributed by atoms with Gasteiger partial charge in [-0.25, -0.2) is 9.38 Å². The molecule has 2 heterocycles. The average Bonchev–Trinajstić information content (AvgIpc) is 3.12. The molecule has 0 saturated heterocycles. The second kappa shape index (κ2) is 4.90. The van der Waals surface area contributed by atoms with Crippen molar-refractivity contribution in [3.63, 3.8) is 0 Å². The number of hydrogen-bond donors (Lipinski definition) is 0. The summed E-state index contributed by atoms with van der Waals surface area (Å²) in [5, 5.41) is 1.02. The van der Waals surface area contributed by atoms with E-state index < -0.39 is 0 Å². The molecule has 0 fully saturated rings. The van der Waals surface area contributed by atoms with Gasteiger partial charge in [-0.3, -0.25) is 0 Å². The molecule has 4 aromatic rings. The fourth-order valence-corrected chi connectivity index (χ4v) is 3.36. The lowest BCUT2D eigenvalue weighted by Crippen LogP contribution is -1.97. The van der Waals surface area contributed by atoms with Gasteiger partial charge >= 0.3 is 0 Å². The Hall–Kier alpha value is -3.20. The van der Waals surface area contributed by atoms with Gasteiger partial charge in [0.05, 0.1) is 28.3 Å². The van der Waals surface area contributed by atoms with E-state index >= 15 is 0 Å². The Bertz CT molecular complexity index is 1110. The standard InChI is InChI=1S/C21H13FN2/c22-15-11-10-14-12-20-21(23-16-6-2-1-3-7-16)17-8-4-5-9-18(17)24(20)19(14)13-15/h1-13H. The van der Waals surface area contributed by atoms with Gasteiger partial charge in [0, 0.05) is 10.9 Å². The van der Waals surface area contributed by atoms with Crippen LogP contribution in [0.5, 0.6) is 0 Å². The highest BCUT2D eigenvalue weighted by Crippen LogP contribution is 2.35. The predicted octanol–water partition coefficient (Wildman–Crippen LogP) is 5.25. The Labute approximate surface area is 138 Å². The summed E-state index contributed by atoms with van der Waals surface area (Å²) in [6, 6.07) is 25.0. The van der Waals surface area contributed by atoms with Gasteiger partial charge in [-0.05, 0) is 42.5 Å². The number of aliphatic imine (C=N–C) groups is 1. The van der Waals surface area contributed by atoms with Crippen molar-refractivity contribution in [2.75, 3.05) is 0 Å². The van der Waals surface area contributed by atoms with Crippen LogP contribution < -0.4 is 0 Å². The van der Waals surface area contributed by atoms with Crippen molar-refractivity contribution >= 4 is 22.3 Å². The zero-order valence-electron chi connectivity index (χ0n) is 12.8. The Morgan fingerprint density at radius 3 is 2.46 bits per heavy atom. The minimum atomic E-state index is -0.227. The molecule has 5 rings (SSSR count). The van der Waals surface area contributed by atoms with Gasteiger partial charge in [-0.1, -0.05) is 36.4 Å². The van der Waals surface area contributed by atoms with Crippen LogP contribution in [0.2, 0.25) is 0 Å². The summed E-state index contributed by atoms with van der Waals surface area (Å²) in [4.78, 5) is 4.86. The number of rotatable bonds is 1. The molecule has 1 aliphatic heterocycles. The second-order valence-corrected chi connectivity index (χ2v) is 5.88. The maximum atomic E-state index is 13.8. The molecule has 0 N–H and O–H groups in total. The van der Waals surface area contributed by atoms with Crippen LogP contribution in [-0.2, 0) is 0 Å². The number of benzene rings is 3. The molecule has 1 aromatic heterocycles. The molecule has 114 valence electrons. The van der Waals surface area contributed by atoms with Gasteiger partial charge in [0.2, 0.25) is 0 Å². The summed E-state index contributed by atoms with van der Waals surface area (Å²) in [6.45, 7) is 0. The van der Waals surface area contributed by atoms with Crippen LogP contribution in [0.3, 0.4) is 0 Å². The Kier molecular flexibility index (Phi) is 2.71. The summed E-state index contributed by atoms with van der Waals surface area (Å²) in [6.07, 6.45) is 0. The molecule has 3 aromatic carbocycles. The van der Waals surface area contributed by atoms with E-state index in [1.54, 1.807) is 6.07 Å². The third-order valence-electron chi connectivity index (χ3n) is 4.41. The molecule has 0 atom stereocenters. The largest absolute Gasteiger partial charge is 0.307 e. The van der Waals surface area contributed by atoms with Gasteiger partial charge in [0.15, 0.2) is 0 Å². The number of para-hydroxylation sites is 2. The van der Waals surface area contributed by atoms with Crippen LogP contribution in [0.15, 0.2) is 83.9 Å². The summed E-state index contributed by atoms with van der Waals surface area (Å²) in [5.41, 5.74) is 5.82. The first-order chi connectivity index (χ1) is 11.8. The minimum Gasteiger partial charge on any atom is -0.307 e. The topological polar surface area (TPSA) is 17.3 Å². The van der Waals surface area contributed by atoms with Gasteiger partial charge in [-0.2, -0.15) is 0 Å². The van der Waals surface area contributed by atoms with Gasteiger partial charge < -0.3 is 4.57 Å². The van der Waals surface area contributed by atoms with Crippen molar-refractivity contribution in [2.45, 2.75) is 0 Å². The summed E-state index contributed by atoms with van der Waals surface area (Å²) in [7, 11) is 0. The van der Waals surface area contributed by atoms with Gasteiger partial charge in [0.1, 0.15) is 5.82 Å². The molecule has 0 unspecified atom stereocenters. The van der Waals surface area contributed by atoms with E-state index in [0.29, 0.717) is 0 Å². The van der Waals surface area contributed by atoms with Gasteiger partial charge in [-0.15, -0.1) is 0 Å². The third-order valence-corrected chi connectivity index (χ3v) is 4.41. The van der Waals surface area contributed by atoms with E-state index in [1.807, 2.05) is 48.5 Å².